The number of benzene rings is 3. The molecule has 4 rings (SSSR count). The highest BCUT2D eigenvalue weighted by Gasteiger charge is 2.27. The van der Waals surface area contributed by atoms with E-state index in [2.05, 4.69) is 84.9 Å². The Balaban J connectivity index is 1.89. The fourth-order valence-electron chi connectivity index (χ4n) is 3.30. The molecule has 0 bridgehead atoms. The van der Waals surface area contributed by atoms with Gasteiger partial charge in [-0.05, 0) is 41.9 Å². The molecule has 118 valence electrons. The summed E-state index contributed by atoms with van der Waals surface area (Å²) in [5.74, 6) is 0.982. The number of hydrogen-bond donors (Lipinski definition) is 0. The molecule has 3 aromatic rings. The maximum Gasteiger partial charge on any atom is 0.127 e. The molecule has 1 nitrogen and oxygen atoms in total. The summed E-state index contributed by atoms with van der Waals surface area (Å²) in [5, 5.41) is 4.17. The van der Waals surface area contributed by atoms with Crippen LogP contribution in [0, 0.1) is 0 Å². The van der Waals surface area contributed by atoms with Gasteiger partial charge in [-0.2, -0.15) is 0 Å². The zero-order valence-corrected chi connectivity index (χ0v) is 14.5. The minimum absolute atomic E-state index is 0.579. The first-order valence-electron chi connectivity index (χ1n) is 8.15. The van der Waals surface area contributed by atoms with Gasteiger partial charge in [-0.1, -0.05) is 78.9 Å². The summed E-state index contributed by atoms with van der Waals surface area (Å²) in [4.78, 5) is 0. The van der Waals surface area contributed by atoms with Crippen LogP contribution in [0.2, 0.25) is 0 Å². The van der Waals surface area contributed by atoms with Crippen LogP contribution >= 0.6 is 7.92 Å². The van der Waals surface area contributed by atoms with Gasteiger partial charge in [0.1, 0.15) is 5.75 Å². The predicted octanol–water partition coefficient (Wildman–Crippen LogP) is 4.73. The van der Waals surface area contributed by atoms with Gasteiger partial charge in [-0.15, -0.1) is 0 Å². The van der Waals surface area contributed by atoms with E-state index in [-0.39, 0.29) is 0 Å². The number of ether oxygens (including phenoxy) is 1. The lowest BCUT2D eigenvalue weighted by Crippen LogP contribution is -2.12. The van der Waals surface area contributed by atoms with Gasteiger partial charge in [0.25, 0.3) is 0 Å². The minimum Gasteiger partial charge on any atom is -0.496 e. The lowest BCUT2D eigenvalue weighted by Gasteiger charge is -2.22. The van der Waals surface area contributed by atoms with Crippen molar-refractivity contribution >= 4 is 23.8 Å². The quantitative estimate of drug-likeness (QED) is 0.629. The zero-order valence-electron chi connectivity index (χ0n) is 13.6. The molecule has 1 aliphatic rings. The third kappa shape index (κ3) is 2.66. The van der Waals surface area contributed by atoms with Gasteiger partial charge < -0.3 is 4.74 Å². The fourth-order valence-corrected chi connectivity index (χ4v) is 5.85. The highest BCUT2D eigenvalue weighted by Crippen LogP contribution is 2.54. The van der Waals surface area contributed by atoms with Crippen LogP contribution in [-0.4, -0.2) is 7.11 Å². The third-order valence-electron chi connectivity index (χ3n) is 4.37. The van der Waals surface area contributed by atoms with Crippen LogP contribution in [-0.2, 0) is 6.42 Å². The minimum atomic E-state index is -0.579. The largest absolute Gasteiger partial charge is 0.496 e. The Hall–Kier alpha value is -2.37. The van der Waals surface area contributed by atoms with Crippen molar-refractivity contribution in [2.75, 3.05) is 7.11 Å². The number of hydrogen-bond acceptors (Lipinski definition) is 1. The van der Waals surface area contributed by atoms with Gasteiger partial charge in [-0.25, -0.2) is 0 Å². The smallest absolute Gasteiger partial charge is 0.127 e. The molecule has 24 heavy (non-hydrogen) atoms. The molecule has 0 unspecified atom stereocenters. The van der Waals surface area contributed by atoms with E-state index in [1.54, 1.807) is 7.11 Å². The van der Waals surface area contributed by atoms with Gasteiger partial charge in [0.05, 0.1) is 7.11 Å². The number of allylic oxidation sites excluding steroid dienone is 1. The van der Waals surface area contributed by atoms with E-state index in [9.17, 15) is 0 Å². The second-order valence-corrected chi connectivity index (χ2v) is 7.98. The molecule has 3 aromatic carbocycles. The van der Waals surface area contributed by atoms with E-state index < -0.39 is 7.92 Å². The topological polar surface area (TPSA) is 9.23 Å². The van der Waals surface area contributed by atoms with E-state index in [1.165, 1.54) is 27.1 Å². The second-order valence-electron chi connectivity index (χ2n) is 5.79. The summed E-state index contributed by atoms with van der Waals surface area (Å²) in [6.07, 6.45) is 3.37. The molecule has 2 heteroatoms. The molecular weight excluding hydrogens is 311 g/mol. The SMILES string of the molecule is COc1cccc2c1C(P(c1ccccc1)c1ccccc1)=CC2. The monoisotopic (exact) mass is 330 g/mol. The van der Waals surface area contributed by atoms with Crippen molar-refractivity contribution in [3.05, 3.63) is 96.1 Å². The highest BCUT2D eigenvalue weighted by atomic mass is 31.1. The summed E-state index contributed by atoms with van der Waals surface area (Å²) in [6.45, 7) is 0. The molecule has 0 aromatic heterocycles. The van der Waals surface area contributed by atoms with Crippen LogP contribution in [0.1, 0.15) is 11.1 Å². The van der Waals surface area contributed by atoms with Gasteiger partial charge in [-0.3, -0.25) is 0 Å². The number of methoxy groups -OCH3 is 1. The lowest BCUT2D eigenvalue weighted by atomic mass is 10.1. The summed E-state index contributed by atoms with van der Waals surface area (Å²) >= 11 is 0. The van der Waals surface area contributed by atoms with E-state index >= 15 is 0 Å². The first-order valence-corrected chi connectivity index (χ1v) is 9.49. The molecule has 0 amide bonds. The first kappa shape index (κ1) is 15.2. The van der Waals surface area contributed by atoms with Crippen LogP contribution in [0.25, 0.3) is 5.31 Å². The fraction of sp³-hybridized carbons (Fsp3) is 0.0909. The summed E-state index contributed by atoms with van der Waals surface area (Å²) in [7, 11) is 1.18. The van der Waals surface area contributed by atoms with Crippen LogP contribution < -0.4 is 15.3 Å². The van der Waals surface area contributed by atoms with Crippen molar-refractivity contribution < 1.29 is 4.74 Å². The molecule has 0 spiro atoms. The van der Waals surface area contributed by atoms with Gasteiger partial charge in [0, 0.05) is 5.56 Å². The Bertz CT molecular complexity index is 829. The summed E-state index contributed by atoms with van der Waals surface area (Å²) in [5.41, 5.74) is 2.66. The molecule has 1 aliphatic carbocycles. The van der Waals surface area contributed by atoms with E-state index in [0.717, 1.165) is 12.2 Å². The van der Waals surface area contributed by atoms with Crippen molar-refractivity contribution in [2.24, 2.45) is 0 Å². The van der Waals surface area contributed by atoms with Crippen molar-refractivity contribution in [3.63, 3.8) is 0 Å². The molecule has 0 saturated carbocycles. The molecule has 0 atom stereocenters. The predicted molar refractivity (Wildman–Crippen MR) is 104 cm³/mol. The van der Waals surface area contributed by atoms with Crippen LogP contribution in [0.3, 0.4) is 0 Å². The molecule has 0 fully saturated rings. The average Bonchev–Trinajstić information content (AvgIpc) is 3.08. The molecule has 0 heterocycles. The number of rotatable bonds is 4. The molecular formula is C22H19OP. The summed E-state index contributed by atoms with van der Waals surface area (Å²) in [6, 6.07) is 28.0. The van der Waals surface area contributed by atoms with E-state index in [1.807, 2.05) is 0 Å². The van der Waals surface area contributed by atoms with Crippen LogP contribution in [0.4, 0.5) is 0 Å². The molecule has 0 N–H and O–H groups in total. The lowest BCUT2D eigenvalue weighted by molar-refractivity contribution is 0.413. The Morgan fingerprint density at radius 3 is 1.96 bits per heavy atom. The Kier molecular flexibility index (Phi) is 4.19. The van der Waals surface area contributed by atoms with Crippen LogP contribution in [0.15, 0.2) is 84.9 Å². The van der Waals surface area contributed by atoms with E-state index in [0.29, 0.717) is 0 Å². The first-order chi connectivity index (χ1) is 11.9. The zero-order chi connectivity index (χ0) is 16.4. The standard InChI is InChI=1S/C22H19OP/c1-23-20-14-8-9-17-15-16-21(22(17)20)24(18-10-4-2-5-11-18)19-12-6-3-7-13-19/h2-14,16H,15H2,1H3. The van der Waals surface area contributed by atoms with Gasteiger partial charge in [0.2, 0.25) is 0 Å². The van der Waals surface area contributed by atoms with E-state index in [4.69, 9.17) is 4.74 Å². The van der Waals surface area contributed by atoms with Crippen molar-refractivity contribution in [1.29, 1.82) is 0 Å². The number of fused-ring (bicyclic) bond motifs is 1. The van der Waals surface area contributed by atoms with Crippen molar-refractivity contribution in [3.8, 4) is 5.75 Å². The maximum absolute atomic E-state index is 5.68. The summed E-state index contributed by atoms with van der Waals surface area (Å²) < 4.78 is 5.68. The third-order valence-corrected chi connectivity index (χ3v) is 6.89. The average molecular weight is 330 g/mol. The second kappa shape index (κ2) is 6.63. The van der Waals surface area contributed by atoms with Crippen molar-refractivity contribution in [1.82, 2.24) is 0 Å². The highest BCUT2D eigenvalue weighted by molar-refractivity contribution is 7.82. The Morgan fingerprint density at radius 1 is 0.750 bits per heavy atom. The van der Waals surface area contributed by atoms with Gasteiger partial charge in [0.15, 0.2) is 0 Å². The Morgan fingerprint density at radius 2 is 1.38 bits per heavy atom. The molecule has 0 aliphatic heterocycles. The molecule has 0 saturated heterocycles. The van der Waals surface area contributed by atoms with Gasteiger partial charge >= 0.3 is 0 Å². The maximum atomic E-state index is 5.68. The van der Waals surface area contributed by atoms with Crippen molar-refractivity contribution in [2.45, 2.75) is 6.42 Å². The van der Waals surface area contributed by atoms with Crippen LogP contribution in [0.5, 0.6) is 5.75 Å². The Labute approximate surface area is 144 Å². The molecule has 0 radical (unpaired) electrons. The normalized spacial score (nSPS) is 12.8.